The number of likely N-dealkylation sites (tertiary alicyclic amines) is 1. The number of piperidine rings is 1. The molecule has 0 spiro atoms. The van der Waals surface area contributed by atoms with E-state index in [1.807, 2.05) is 6.92 Å². The molecule has 2 rings (SSSR count). The second-order valence-electron chi connectivity index (χ2n) is 8.29. The molecule has 0 aromatic rings. The lowest BCUT2D eigenvalue weighted by Crippen LogP contribution is -2.47. The first-order valence-corrected chi connectivity index (χ1v) is 11.7. The van der Waals surface area contributed by atoms with E-state index in [4.69, 9.17) is 0 Å². The molecule has 0 radical (unpaired) electrons. The van der Waals surface area contributed by atoms with E-state index in [9.17, 15) is 21.6 Å². The van der Waals surface area contributed by atoms with Crippen molar-refractivity contribution in [2.24, 2.45) is 16.8 Å². The van der Waals surface area contributed by atoms with Crippen LogP contribution in [0.2, 0.25) is 0 Å². The van der Waals surface area contributed by atoms with E-state index in [1.165, 1.54) is 0 Å². The van der Waals surface area contributed by atoms with E-state index < -0.39 is 15.5 Å². The number of hydrogen-bond donors (Lipinski definition) is 2. The number of guanidine groups is 1. The van der Waals surface area contributed by atoms with E-state index in [-0.39, 0.29) is 25.0 Å². The minimum atomic E-state index is -5.23. The Kier molecular flexibility index (Phi) is 8.20. The fourth-order valence-electron chi connectivity index (χ4n) is 3.81. The number of nitrogens with zero attached hydrogens (tertiary/aromatic N) is 3. The second-order valence-corrected chi connectivity index (χ2v) is 10.2. The minimum Gasteiger partial charge on any atom is -0.357 e. The molecular weight excluding hydrogens is 407 g/mol. The molecule has 170 valence electrons. The van der Waals surface area contributed by atoms with Gasteiger partial charge in [0.05, 0.1) is 0 Å². The van der Waals surface area contributed by atoms with Crippen LogP contribution in [0.3, 0.4) is 0 Å². The van der Waals surface area contributed by atoms with Crippen LogP contribution in [0.4, 0.5) is 13.2 Å². The molecule has 0 aromatic carbocycles. The van der Waals surface area contributed by atoms with E-state index >= 15 is 0 Å². The zero-order valence-corrected chi connectivity index (χ0v) is 18.5. The lowest BCUT2D eigenvalue weighted by Gasteiger charge is -2.31. The summed E-state index contributed by atoms with van der Waals surface area (Å²) in [5, 5.41) is 6.72. The first kappa shape index (κ1) is 24.2. The topological polar surface area (TPSA) is 77.0 Å². The van der Waals surface area contributed by atoms with Gasteiger partial charge in [-0.25, -0.2) is 8.42 Å². The van der Waals surface area contributed by atoms with Gasteiger partial charge in [0.25, 0.3) is 0 Å². The standard InChI is InChI=1S/C18H34F3N5O2S/c1-5-22-17(24-16-12-25(13(2)3)11-14(16)4)23-10-15-6-8-26(9-7-15)29(27,28)18(19,20)21/h13-16H,5-12H2,1-4H3,(H2,22,23,24). The van der Waals surface area contributed by atoms with Gasteiger partial charge < -0.3 is 10.6 Å². The normalized spacial score (nSPS) is 26.3. The fourth-order valence-corrected chi connectivity index (χ4v) is 4.79. The number of alkyl halides is 3. The second kappa shape index (κ2) is 9.82. The van der Waals surface area contributed by atoms with Gasteiger partial charge in [-0.05, 0) is 45.4 Å². The van der Waals surface area contributed by atoms with Gasteiger partial charge >= 0.3 is 15.5 Å². The summed E-state index contributed by atoms with van der Waals surface area (Å²) >= 11 is 0. The maximum atomic E-state index is 12.7. The van der Waals surface area contributed by atoms with Crippen molar-refractivity contribution in [2.45, 2.75) is 58.1 Å². The van der Waals surface area contributed by atoms with Crippen LogP contribution in [0.1, 0.15) is 40.5 Å². The zero-order chi connectivity index (χ0) is 21.8. The van der Waals surface area contributed by atoms with Crippen molar-refractivity contribution in [1.82, 2.24) is 19.8 Å². The molecule has 7 nitrogen and oxygen atoms in total. The third-order valence-corrected chi connectivity index (χ3v) is 7.38. The summed E-state index contributed by atoms with van der Waals surface area (Å²) < 4.78 is 61.6. The van der Waals surface area contributed by atoms with Gasteiger partial charge in [0.2, 0.25) is 0 Å². The Hall–Kier alpha value is -1.07. The highest BCUT2D eigenvalue weighted by atomic mass is 32.2. The molecule has 2 fully saturated rings. The van der Waals surface area contributed by atoms with Gasteiger partial charge in [-0.1, -0.05) is 6.92 Å². The third-order valence-electron chi connectivity index (χ3n) is 5.75. The van der Waals surface area contributed by atoms with Crippen molar-refractivity contribution in [3.63, 3.8) is 0 Å². The minimum absolute atomic E-state index is 0.0679. The van der Waals surface area contributed by atoms with E-state index in [1.54, 1.807) is 0 Å². The molecule has 2 aliphatic heterocycles. The molecule has 2 heterocycles. The van der Waals surface area contributed by atoms with E-state index in [2.05, 4.69) is 41.3 Å². The number of halogens is 3. The predicted octanol–water partition coefficient (Wildman–Crippen LogP) is 1.83. The quantitative estimate of drug-likeness (QED) is 0.486. The Labute approximate surface area is 172 Å². The fraction of sp³-hybridized carbons (Fsp3) is 0.944. The molecular formula is C18H34F3N5O2S. The van der Waals surface area contributed by atoms with Crippen molar-refractivity contribution < 1.29 is 21.6 Å². The van der Waals surface area contributed by atoms with Gasteiger partial charge in [0, 0.05) is 51.4 Å². The Morgan fingerprint density at radius 3 is 2.31 bits per heavy atom. The van der Waals surface area contributed by atoms with Gasteiger partial charge in [0.15, 0.2) is 5.96 Å². The summed E-state index contributed by atoms with van der Waals surface area (Å²) in [7, 11) is -5.23. The van der Waals surface area contributed by atoms with Gasteiger partial charge in [-0.3, -0.25) is 9.89 Å². The van der Waals surface area contributed by atoms with E-state index in [0.29, 0.717) is 48.2 Å². The van der Waals surface area contributed by atoms with Crippen LogP contribution in [-0.2, 0) is 10.0 Å². The number of nitrogens with one attached hydrogen (secondary N) is 2. The average Bonchev–Trinajstić information content (AvgIpc) is 3.00. The molecule has 2 aliphatic rings. The van der Waals surface area contributed by atoms with Crippen LogP contribution in [0.25, 0.3) is 0 Å². The first-order chi connectivity index (χ1) is 13.5. The molecule has 2 unspecified atom stereocenters. The predicted molar refractivity (Wildman–Crippen MR) is 108 cm³/mol. The number of sulfonamides is 1. The Morgan fingerprint density at radius 2 is 1.83 bits per heavy atom. The maximum Gasteiger partial charge on any atom is 0.511 e. The summed E-state index contributed by atoms with van der Waals surface area (Å²) in [5.74, 6) is 1.26. The molecule has 2 N–H and O–H groups in total. The highest BCUT2D eigenvalue weighted by Gasteiger charge is 2.50. The average molecular weight is 442 g/mol. The molecule has 2 saturated heterocycles. The number of rotatable bonds is 6. The highest BCUT2D eigenvalue weighted by Crippen LogP contribution is 2.30. The summed E-state index contributed by atoms with van der Waals surface area (Å²) in [5.41, 5.74) is -5.23. The van der Waals surface area contributed by atoms with Gasteiger partial charge in [-0.15, -0.1) is 0 Å². The third kappa shape index (κ3) is 6.21. The molecule has 0 aromatic heterocycles. The molecule has 11 heteroatoms. The van der Waals surface area contributed by atoms with Crippen LogP contribution >= 0.6 is 0 Å². The van der Waals surface area contributed by atoms with Crippen molar-refractivity contribution in [3.05, 3.63) is 0 Å². The maximum absolute atomic E-state index is 12.7. The number of hydrogen-bond acceptors (Lipinski definition) is 4. The van der Waals surface area contributed by atoms with Crippen LogP contribution in [0.5, 0.6) is 0 Å². The summed E-state index contributed by atoms with van der Waals surface area (Å²) in [6, 6.07) is 0.774. The molecule has 0 bridgehead atoms. The summed E-state index contributed by atoms with van der Waals surface area (Å²) in [4.78, 5) is 7.05. The zero-order valence-electron chi connectivity index (χ0n) is 17.7. The monoisotopic (exact) mass is 441 g/mol. The molecule has 2 atom stereocenters. The smallest absolute Gasteiger partial charge is 0.357 e. The van der Waals surface area contributed by atoms with Gasteiger partial charge in [0.1, 0.15) is 0 Å². The van der Waals surface area contributed by atoms with Crippen molar-refractivity contribution >= 4 is 16.0 Å². The van der Waals surface area contributed by atoms with Crippen LogP contribution in [0, 0.1) is 11.8 Å². The Bertz CT molecular complexity index is 661. The molecule has 29 heavy (non-hydrogen) atoms. The van der Waals surface area contributed by atoms with Crippen molar-refractivity contribution in [2.75, 3.05) is 39.3 Å². The molecule has 0 amide bonds. The summed E-state index contributed by atoms with van der Waals surface area (Å²) in [6.45, 7) is 11.5. The first-order valence-electron chi connectivity index (χ1n) is 10.3. The lowest BCUT2D eigenvalue weighted by molar-refractivity contribution is -0.0496. The molecule has 0 saturated carbocycles. The Morgan fingerprint density at radius 1 is 1.21 bits per heavy atom. The van der Waals surface area contributed by atoms with E-state index in [0.717, 1.165) is 13.1 Å². The van der Waals surface area contributed by atoms with Crippen LogP contribution < -0.4 is 10.6 Å². The SMILES string of the molecule is CCNC(=NCC1CCN(S(=O)(=O)C(F)(F)F)CC1)NC1CN(C(C)C)CC1C. The number of aliphatic imine (C=N–C) groups is 1. The Balaban J connectivity index is 1.90. The van der Waals surface area contributed by atoms with Crippen molar-refractivity contribution in [1.29, 1.82) is 0 Å². The van der Waals surface area contributed by atoms with Crippen LogP contribution in [0.15, 0.2) is 4.99 Å². The summed E-state index contributed by atoms with van der Waals surface area (Å²) in [6.07, 6.45) is 0.748. The highest BCUT2D eigenvalue weighted by molar-refractivity contribution is 7.90. The van der Waals surface area contributed by atoms with Crippen molar-refractivity contribution in [3.8, 4) is 0 Å². The lowest BCUT2D eigenvalue weighted by atomic mass is 9.98. The van der Waals surface area contributed by atoms with Gasteiger partial charge in [-0.2, -0.15) is 17.5 Å². The molecule has 0 aliphatic carbocycles. The largest absolute Gasteiger partial charge is 0.511 e. The van der Waals surface area contributed by atoms with Crippen LogP contribution in [-0.4, -0.2) is 80.4 Å².